The summed E-state index contributed by atoms with van der Waals surface area (Å²) in [6.07, 6.45) is 1.10. The van der Waals surface area contributed by atoms with Gasteiger partial charge in [0.2, 0.25) is 0 Å². The van der Waals surface area contributed by atoms with Crippen LogP contribution < -0.4 is 0 Å². The van der Waals surface area contributed by atoms with Gasteiger partial charge < -0.3 is 14.7 Å². The molecular formula is C21H21N3O3. The van der Waals surface area contributed by atoms with E-state index in [2.05, 4.69) is 9.97 Å². The number of rotatable bonds is 4. The number of aliphatic hydroxyl groups is 1. The fourth-order valence-corrected chi connectivity index (χ4v) is 3.40. The van der Waals surface area contributed by atoms with Crippen LogP contribution in [0.25, 0.3) is 22.3 Å². The number of carbonyl (C=O) groups is 1. The van der Waals surface area contributed by atoms with E-state index in [1.165, 1.54) is 0 Å². The number of likely N-dealkylation sites (N-methyl/N-ethyl adjacent to an activating group) is 1. The smallest absolute Gasteiger partial charge is 0.254 e. The Morgan fingerprint density at radius 2 is 1.89 bits per heavy atom. The molecule has 6 nitrogen and oxygen atoms in total. The molecule has 1 N–H and O–H groups in total. The molecule has 3 aromatic rings. The van der Waals surface area contributed by atoms with Gasteiger partial charge in [-0.15, -0.1) is 0 Å². The molecule has 6 heteroatoms. The molecule has 0 saturated carbocycles. The first-order chi connectivity index (χ1) is 13.2. The van der Waals surface area contributed by atoms with Crippen molar-refractivity contribution >= 4 is 16.9 Å². The molecule has 0 radical (unpaired) electrons. The summed E-state index contributed by atoms with van der Waals surface area (Å²) in [5, 5.41) is 10.0. The summed E-state index contributed by atoms with van der Waals surface area (Å²) >= 11 is 0. The van der Waals surface area contributed by atoms with E-state index < -0.39 is 6.10 Å². The van der Waals surface area contributed by atoms with E-state index in [4.69, 9.17) is 4.74 Å². The Morgan fingerprint density at radius 3 is 2.56 bits per heavy atom. The number of benzene rings is 2. The lowest BCUT2D eigenvalue weighted by Crippen LogP contribution is -2.46. The van der Waals surface area contributed by atoms with Crippen LogP contribution in [0.4, 0.5) is 0 Å². The van der Waals surface area contributed by atoms with E-state index in [1.807, 2.05) is 43.3 Å². The van der Waals surface area contributed by atoms with Gasteiger partial charge in [-0.2, -0.15) is 0 Å². The van der Waals surface area contributed by atoms with Gasteiger partial charge in [0.05, 0.1) is 48.3 Å². The third-order valence-corrected chi connectivity index (χ3v) is 4.90. The van der Waals surface area contributed by atoms with Gasteiger partial charge in [-0.1, -0.05) is 24.3 Å². The van der Waals surface area contributed by atoms with Crippen LogP contribution in [0, 0.1) is 0 Å². The summed E-state index contributed by atoms with van der Waals surface area (Å²) in [7, 11) is 0. The van der Waals surface area contributed by atoms with Crippen molar-refractivity contribution in [3.8, 4) is 11.3 Å². The summed E-state index contributed by atoms with van der Waals surface area (Å²) in [6, 6.07) is 14.8. The normalized spacial score (nSPS) is 19.3. The molecule has 2 heterocycles. The summed E-state index contributed by atoms with van der Waals surface area (Å²) < 4.78 is 5.29. The SMILES string of the molecule is CCN(C(=O)c1ccc(-c2cnc3ccccc3n2)cc1)C1COCC1O. The maximum Gasteiger partial charge on any atom is 0.254 e. The molecule has 1 aliphatic heterocycles. The molecule has 0 aliphatic carbocycles. The predicted octanol–water partition coefficient (Wildman–Crippen LogP) is 2.52. The molecule has 27 heavy (non-hydrogen) atoms. The number of hydrogen-bond acceptors (Lipinski definition) is 5. The minimum atomic E-state index is -0.638. The number of amides is 1. The van der Waals surface area contributed by atoms with Crippen molar-refractivity contribution in [1.29, 1.82) is 0 Å². The fourth-order valence-electron chi connectivity index (χ4n) is 3.40. The summed E-state index contributed by atoms with van der Waals surface area (Å²) in [4.78, 5) is 23.6. The molecule has 0 bridgehead atoms. The van der Waals surface area contributed by atoms with Crippen LogP contribution in [0.5, 0.6) is 0 Å². The summed E-state index contributed by atoms with van der Waals surface area (Å²) in [5.74, 6) is -0.108. The highest BCUT2D eigenvalue weighted by atomic mass is 16.5. The summed E-state index contributed by atoms with van der Waals surface area (Å²) in [5.41, 5.74) is 3.93. The molecular weight excluding hydrogens is 342 g/mol. The minimum Gasteiger partial charge on any atom is -0.388 e. The van der Waals surface area contributed by atoms with Gasteiger partial charge in [0.25, 0.3) is 5.91 Å². The van der Waals surface area contributed by atoms with Crippen molar-refractivity contribution in [2.45, 2.75) is 19.1 Å². The van der Waals surface area contributed by atoms with Gasteiger partial charge in [0.15, 0.2) is 0 Å². The highest BCUT2D eigenvalue weighted by molar-refractivity contribution is 5.95. The molecule has 2 aromatic carbocycles. The zero-order valence-corrected chi connectivity index (χ0v) is 15.1. The predicted molar refractivity (Wildman–Crippen MR) is 102 cm³/mol. The minimum absolute atomic E-state index is 0.108. The highest BCUT2D eigenvalue weighted by Gasteiger charge is 2.34. The van der Waals surface area contributed by atoms with E-state index in [-0.39, 0.29) is 18.6 Å². The quantitative estimate of drug-likeness (QED) is 0.771. The van der Waals surface area contributed by atoms with Crippen LogP contribution in [0.2, 0.25) is 0 Å². The Hall–Kier alpha value is -2.83. The molecule has 4 rings (SSSR count). The fraction of sp³-hybridized carbons (Fsp3) is 0.286. The van der Waals surface area contributed by atoms with Crippen molar-refractivity contribution in [2.24, 2.45) is 0 Å². The number of fused-ring (bicyclic) bond motifs is 1. The maximum absolute atomic E-state index is 12.9. The number of ether oxygens (including phenoxy) is 1. The molecule has 1 amide bonds. The molecule has 1 aliphatic rings. The van der Waals surface area contributed by atoms with Crippen molar-refractivity contribution in [3.05, 3.63) is 60.3 Å². The summed E-state index contributed by atoms with van der Waals surface area (Å²) in [6.45, 7) is 3.06. The molecule has 0 spiro atoms. The lowest BCUT2D eigenvalue weighted by Gasteiger charge is -2.28. The van der Waals surface area contributed by atoms with E-state index in [1.54, 1.807) is 23.2 Å². The Bertz CT molecular complexity index is 958. The van der Waals surface area contributed by atoms with Gasteiger partial charge in [0.1, 0.15) is 0 Å². The van der Waals surface area contributed by atoms with Crippen molar-refractivity contribution in [3.63, 3.8) is 0 Å². The van der Waals surface area contributed by atoms with Crippen LogP contribution >= 0.6 is 0 Å². The zero-order valence-electron chi connectivity index (χ0n) is 15.1. The lowest BCUT2D eigenvalue weighted by molar-refractivity contribution is 0.0520. The Morgan fingerprint density at radius 1 is 1.15 bits per heavy atom. The van der Waals surface area contributed by atoms with Gasteiger partial charge in [0, 0.05) is 17.7 Å². The molecule has 138 valence electrons. The molecule has 1 aromatic heterocycles. The third-order valence-electron chi connectivity index (χ3n) is 4.90. The molecule has 1 saturated heterocycles. The Kier molecular flexibility index (Phi) is 4.83. The highest BCUT2D eigenvalue weighted by Crippen LogP contribution is 2.21. The molecule has 2 atom stereocenters. The first-order valence-electron chi connectivity index (χ1n) is 9.06. The number of carbonyl (C=O) groups excluding carboxylic acids is 1. The van der Waals surface area contributed by atoms with Crippen molar-refractivity contribution < 1.29 is 14.6 Å². The first-order valence-corrected chi connectivity index (χ1v) is 9.06. The third kappa shape index (κ3) is 3.41. The van der Waals surface area contributed by atoms with E-state index >= 15 is 0 Å². The second-order valence-corrected chi connectivity index (χ2v) is 6.58. The van der Waals surface area contributed by atoms with Crippen LogP contribution in [0.3, 0.4) is 0 Å². The van der Waals surface area contributed by atoms with Crippen molar-refractivity contribution in [2.75, 3.05) is 19.8 Å². The average Bonchev–Trinajstić information content (AvgIpc) is 3.14. The van der Waals surface area contributed by atoms with E-state index in [9.17, 15) is 9.90 Å². The van der Waals surface area contributed by atoms with Crippen LogP contribution in [0.1, 0.15) is 17.3 Å². The van der Waals surface area contributed by atoms with Gasteiger partial charge >= 0.3 is 0 Å². The second kappa shape index (κ2) is 7.42. The van der Waals surface area contributed by atoms with Crippen LogP contribution in [-0.4, -0.2) is 57.8 Å². The number of para-hydroxylation sites is 2. The standard InChI is InChI=1S/C21H21N3O3/c1-2-24(19-12-27-13-20(19)25)21(26)15-9-7-14(8-10-15)18-11-22-16-5-3-4-6-17(16)23-18/h3-11,19-20,25H,2,12-13H2,1H3. The van der Waals surface area contributed by atoms with Gasteiger partial charge in [-0.25, -0.2) is 4.98 Å². The Labute approximate surface area is 157 Å². The lowest BCUT2D eigenvalue weighted by atomic mass is 10.1. The second-order valence-electron chi connectivity index (χ2n) is 6.58. The van der Waals surface area contributed by atoms with Crippen LogP contribution in [-0.2, 0) is 4.74 Å². The monoisotopic (exact) mass is 363 g/mol. The number of aliphatic hydroxyl groups excluding tert-OH is 1. The van der Waals surface area contributed by atoms with E-state index in [0.717, 1.165) is 22.3 Å². The first kappa shape index (κ1) is 17.6. The molecule has 2 unspecified atom stereocenters. The van der Waals surface area contributed by atoms with Gasteiger partial charge in [-0.3, -0.25) is 9.78 Å². The van der Waals surface area contributed by atoms with Gasteiger partial charge in [-0.05, 0) is 31.2 Å². The average molecular weight is 363 g/mol. The zero-order chi connectivity index (χ0) is 18.8. The molecule has 1 fully saturated rings. The largest absolute Gasteiger partial charge is 0.388 e. The number of hydrogen-bond donors (Lipinski definition) is 1. The topological polar surface area (TPSA) is 75.6 Å². The van der Waals surface area contributed by atoms with Crippen molar-refractivity contribution in [1.82, 2.24) is 14.9 Å². The number of aromatic nitrogens is 2. The number of nitrogens with zero attached hydrogens (tertiary/aromatic N) is 3. The van der Waals surface area contributed by atoms with Crippen LogP contribution in [0.15, 0.2) is 54.7 Å². The van der Waals surface area contributed by atoms with E-state index in [0.29, 0.717) is 18.7 Å². The Balaban J connectivity index is 1.58. The maximum atomic E-state index is 12.9.